The van der Waals surface area contributed by atoms with Crippen molar-refractivity contribution in [3.63, 3.8) is 0 Å². The van der Waals surface area contributed by atoms with Crippen molar-refractivity contribution in [2.24, 2.45) is 0 Å². The van der Waals surface area contributed by atoms with Gasteiger partial charge in [0.15, 0.2) is 0 Å². The standard InChI is InChI=1S/C15H12ClFN2OS/c1-19(8-9-5-6-14(16)21-9)15(20)13-7-10-11(17)3-2-4-12(10)18-13/h2-7,18H,8H2,1H3. The molecule has 0 saturated heterocycles. The molecule has 0 aliphatic rings. The molecule has 0 saturated carbocycles. The molecule has 0 radical (unpaired) electrons. The second kappa shape index (κ2) is 5.50. The van der Waals surface area contributed by atoms with Gasteiger partial charge in [-0.25, -0.2) is 4.39 Å². The molecule has 3 nitrogen and oxygen atoms in total. The molecule has 0 unspecified atom stereocenters. The van der Waals surface area contributed by atoms with E-state index in [0.717, 1.165) is 4.88 Å². The highest BCUT2D eigenvalue weighted by Gasteiger charge is 2.16. The van der Waals surface area contributed by atoms with Crippen LogP contribution in [0.3, 0.4) is 0 Å². The molecule has 1 N–H and O–H groups in total. The van der Waals surface area contributed by atoms with Crippen LogP contribution in [0.25, 0.3) is 10.9 Å². The van der Waals surface area contributed by atoms with Crippen molar-refractivity contribution in [3.05, 3.63) is 57.1 Å². The molecule has 0 spiro atoms. The second-order valence-corrected chi connectivity index (χ2v) is 6.55. The number of nitrogens with one attached hydrogen (secondary N) is 1. The van der Waals surface area contributed by atoms with Crippen LogP contribution >= 0.6 is 22.9 Å². The van der Waals surface area contributed by atoms with E-state index in [4.69, 9.17) is 11.6 Å². The number of thiophene rings is 1. The first kappa shape index (κ1) is 14.1. The predicted molar refractivity (Wildman–Crippen MR) is 83.4 cm³/mol. The lowest BCUT2D eigenvalue weighted by atomic mass is 10.2. The van der Waals surface area contributed by atoms with Crippen molar-refractivity contribution >= 4 is 39.7 Å². The van der Waals surface area contributed by atoms with Crippen LogP contribution in [-0.2, 0) is 6.54 Å². The monoisotopic (exact) mass is 322 g/mol. The molecule has 21 heavy (non-hydrogen) atoms. The van der Waals surface area contributed by atoms with E-state index >= 15 is 0 Å². The Morgan fingerprint density at radius 2 is 2.19 bits per heavy atom. The molecule has 3 rings (SSSR count). The smallest absolute Gasteiger partial charge is 0.270 e. The molecule has 2 aromatic heterocycles. The van der Waals surface area contributed by atoms with Crippen molar-refractivity contribution in [3.8, 4) is 0 Å². The number of hydrogen-bond acceptors (Lipinski definition) is 2. The molecular formula is C15H12ClFN2OS. The third kappa shape index (κ3) is 2.80. The van der Waals surface area contributed by atoms with Crippen molar-refractivity contribution in [2.45, 2.75) is 6.54 Å². The van der Waals surface area contributed by atoms with Crippen LogP contribution in [0.1, 0.15) is 15.4 Å². The summed E-state index contributed by atoms with van der Waals surface area (Å²) in [5.74, 6) is -0.523. The summed E-state index contributed by atoms with van der Waals surface area (Å²) in [6.45, 7) is 0.466. The van der Waals surface area contributed by atoms with Crippen molar-refractivity contribution in [1.29, 1.82) is 0 Å². The van der Waals surface area contributed by atoms with Crippen LogP contribution in [0.2, 0.25) is 4.34 Å². The van der Waals surface area contributed by atoms with Crippen molar-refractivity contribution in [1.82, 2.24) is 9.88 Å². The number of aromatic amines is 1. The third-order valence-corrected chi connectivity index (χ3v) is 4.43. The number of fused-ring (bicyclic) bond motifs is 1. The van der Waals surface area contributed by atoms with E-state index in [9.17, 15) is 9.18 Å². The lowest BCUT2D eigenvalue weighted by molar-refractivity contribution is 0.0781. The number of benzene rings is 1. The van der Waals surface area contributed by atoms with Crippen LogP contribution in [-0.4, -0.2) is 22.8 Å². The van der Waals surface area contributed by atoms with Gasteiger partial charge < -0.3 is 9.88 Å². The number of carbonyl (C=O) groups is 1. The summed E-state index contributed by atoms with van der Waals surface area (Å²) in [4.78, 5) is 17.9. The molecule has 108 valence electrons. The first-order chi connectivity index (χ1) is 10.0. The highest BCUT2D eigenvalue weighted by Crippen LogP contribution is 2.23. The average molecular weight is 323 g/mol. The Bertz CT molecular complexity index is 811. The number of hydrogen-bond donors (Lipinski definition) is 1. The van der Waals surface area contributed by atoms with Gasteiger partial charge in [-0.2, -0.15) is 0 Å². The molecule has 0 bridgehead atoms. The minimum Gasteiger partial charge on any atom is -0.350 e. The van der Waals surface area contributed by atoms with Crippen molar-refractivity contribution in [2.75, 3.05) is 7.05 Å². The molecule has 0 aliphatic carbocycles. The summed E-state index contributed by atoms with van der Waals surface area (Å²) < 4.78 is 14.3. The number of carbonyl (C=O) groups excluding carboxylic acids is 1. The predicted octanol–water partition coefficient (Wildman–Crippen LogP) is 4.29. The number of rotatable bonds is 3. The van der Waals surface area contributed by atoms with E-state index in [2.05, 4.69) is 4.98 Å². The third-order valence-electron chi connectivity index (χ3n) is 3.21. The van der Waals surface area contributed by atoms with Crippen LogP contribution in [0.15, 0.2) is 36.4 Å². The quantitative estimate of drug-likeness (QED) is 0.767. The van der Waals surface area contributed by atoms with E-state index in [1.807, 2.05) is 6.07 Å². The lowest BCUT2D eigenvalue weighted by Gasteiger charge is -2.14. The zero-order chi connectivity index (χ0) is 15.0. The molecule has 0 fully saturated rings. The average Bonchev–Trinajstić information content (AvgIpc) is 3.05. The van der Waals surface area contributed by atoms with Gasteiger partial charge in [-0.05, 0) is 30.3 Å². The SMILES string of the molecule is CN(Cc1ccc(Cl)s1)C(=O)c1cc2c(F)cccc2[nH]1. The van der Waals surface area contributed by atoms with E-state index < -0.39 is 0 Å². The molecule has 0 aliphatic heterocycles. The molecule has 0 atom stereocenters. The maximum atomic E-state index is 13.7. The summed E-state index contributed by atoms with van der Waals surface area (Å²) in [6, 6.07) is 9.97. The minimum atomic E-state index is -0.338. The van der Waals surface area contributed by atoms with Gasteiger partial charge in [0.2, 0.25) is 0 Å². The summed E-state index contributed by atoms with van der Waals surface area (Å²) in [5.41, 5.74) is 0.992. The maximum absolute atomic E-state index is 13.7. The molecule has 3 aromatic rings. The molecule has 1 amide bonds. The van der Waals surface area contributed by atoms with Crippen LogP contribution in [0.5, 0.6) is 0 Å². The van der Waals surface area contributed by atoms with Gasteiger partial charge in [0, 0.05) is 22.8 Å². The number of halogens is 2. The summed E-state index contributed by atoms with van der Waals surface area (Å²) in [6.07, 6.45) is 0. The number of amides is 1. The van der Waals surface area contributed by atoms with Gasteiger partial charge in [-0.3, -0.25) is 4.79 Å². The summed E-state index contributed by atoms with van der Waals surface area (Å²) in [5, 5.41) is 0.424. The van der Waals surface area contributed by atoms with Crippen LogP contribution in [0, 0.1) is 5.82 Å². The Morgan fingerprint density at radius 3 is 2.86 bits per heavy atom. The van der Waals surface area contributed by atoms with Gasteiger partial charge in [0.05, 0.1) is 10.9 Å². The number of H-pyrrole nitrogens is 1. The maximum Gasteiger partial charge on any atom is 0.270 e. The zero-order valence-corrected chi connectivity index (χ0v) is 12.8. The Hall–Kier alpha value is -1.85. The number of aromatic nitrogens is 1. The molecule has 2 heterocycles. The molecular weight excluding hydrogens is 311 g/mol. The Kier molecular flexibility index (Phi) is 3.69. The lowest BCUT2D eigenvalue weighted by Crippen LogP contribution is -2.26. The fourth-order valence-electron chi connectivity index (χ4n) is 2.18. The van der Waals surface area contributed by atoms with Crippen molar-refractivity contribution < 1.29 is 9.18 Å². The number of nitrogens with zero attached hydrogens (tertiary/aromatic N) is 1. The fraction of sp³-hybridized carbons (Fsp3) is 0.133. The summed E-state index contributed by atoms with van der Waals surface area (Å²) >= 11 is 7.32. The Balaban J connectivity index is 1.84. The van der Waals surface area contributed by atoms with Gasteiger partial charge >= 0.3 is 0 Å². The highest BCUT2D eigenvalue weighted by molar-refractivity contribution is 7.16. The zero-order valence-electron chi connectivity index (χ0n) is 11.2. The van der Waals surface area contributed by atoms with E-state index in [0.29, 0.717) is 27.5 Å². The first-order valence-electron chi connectivity index (χ1n) is 6.31. The van der Waals surface area contributed by atoms with Gasteiger partial charge in [-0.1, -0.05) is 17.7 Å². The topological polar surface area (TPSA) is 36.1 Å². The van der Waals surface area contributed by atoms with Gasteiger partial charge in [0.1, 0.15) is 11.5 Å². The molecule has 6 heteroatoms. The fourth-order valence-corrected chi connectivity index (χ4v) is 3.32. The highest BCUT2D eigenvalue weighted by atomic mass is 35.5. The summed E-state index contributed by atoms with van der Waals surface area (Å²) in [7, 11) is 1.71. The van der Waals surface area contributed by atoms with E-state index in [1.54, 1.807) is 36.2 Å². The van der Waals surface area contributed by atoms with E-state index in [1.165, 1.54) is 17.4 Å². The Morgan fingerprint density at radius 1 is 1.38 bits per heavy atom. The van der Waals surface area contributed by atoms with Crippen LogP contribution < -0.4 is 0 Å². The van der Waals surface area contributed by atoms with Gasteiger partial charge in [-0.15, -0.1) is 11.3 Å². The minimum absolute atomic E-state index is 0.185. The largest absolute Gasteiger partial charge is 0.350 e. The Labute approximate surface area is 130 Å². The molecule has 1 aromatic carbocycles. The van der Waals surface area contributed by atoms with E-state index in [-0.39, 0.29) is 11.7 Å². The van der Waals surface area contributed by atoms with Gasteiger partial charge in [0.25, 0.3) is 5.91 Å². The second-order valence-electron chi connectivity index (χ2n) is 4.75. The normalized spacial score (nSPS) is 11.0. The first-order valence-corrected chi connectivity index (χ1v) is 7.51. The van der Waals surface area contributed by atoms with Crippen LogP contribution in [0.4, 0.5) is 4.39 Å².